The zero-order chi connectivity index (χ0) is 19.9. The van der Waals surface area contributed by atoms with E-state index in [0.29, 0.717) is 31.3 Å². The van der Waals surface area contributed by atoms with Gasteiger partial charge in [0.25, 0.3) is 0 Å². The van der Waals surface area contributed by atoms with Crippen LogP contribution in [0.2, 0.25) is 0 Å². The summed E-state index contributed by atoms with van der Waals surface area (Å²) in [6, 6.07) is 6.00. The predicted molar refractivity (Wildman–Crippen MR) is 105 cm³/mol. The van der Waals surface area contributed by atoms with Crippen LogP contribution in [0.4, 0.5) is 4.39 Å². The number of guanidine groups is 1. The number of nitrogens with zero attached hydrogens (tertiary/aromatic N) is 2. The van der Waals surface area contributed by atoms with Crippen LogP contribution in [0.15, 0.2) is 29.3 Å². The first kappa shape index (κ1) is 21.4. The summed E-state index contributed by atoms with van der Waals surface area (Å²) >= 11 is 0. The summed E-state index contributed by atoms with van der Waals surface area (Å²) in [5.41, 5.74) is 0. The van der Waals surface area contributed by atoms with Crippen molar-refractivity contribution in [2.45, 2.75) is 38.3 Å². The molecule has 0 radical (unpaired) electrons. The average Bonchev–Trinajstić information content (AvgIpc) is 3.10. The molecule has 0 bridgehead atoms. The number of rotatable bonds is 8. The number of halogens is 1. The maximum Gasteiger partial charge on any atom is 0.211 e. The van der Waals surface area contributed by atoms with Crippen molar-refractivity contribution >= 4 is 16.0 Å². The van der Waals surface area contributed by atoms with Crippen LogP contribution in [-0.4, -0.2) is 63.8 Å². The average molecular weight is 401 g/mol. The molecule has 0 amide bonds. The zero-order valence-corrected chi connectivity index (χ0v) is 16.9. The van der Waals surface area contributed by atoms with Crippen LogP contribution in [0, 0.1) is 5.82 Å². The number of hydrogen-bond acceptors (Lipinski definition) is 4. The molecule has 1 aromatic rings. The van der Waals surface area contributed by atoms with Gasteiger partial charge in [-0.25, -0.2) is 12.8 Å². The minimum absolute atomic E-state index is 0.0657. The van der Waals surface area contributed by atoms with Gasteiger partial charge in [-0.05, 0) is 31.4 Å². The van der Waals surface area contributed by atoms with Gasteiger partial charge in [-0.3, -0.25) is 4.99 Å². The van der Waals surface area contributed by atoms with E-state index in [1.165, 1.54) is 22.7 Å². The van der Waals surface area contributed by atoms with Gasteiger partial charge < -0.3 is 15.4 Å². The van der Waals surface area contributed by atoms with E-state index in [2.05, 4.69) is 15.6 Å². The van der Waals surface area contributed by atoms with Crippen molar-refractivity contribution in [3.8, 4) is 5.75 Å². The highest BCUT2D eigenvalue weighted by Gasteiger charge is 2.31. The van der Waals surface area contributed by atoms with E-state index >= 15 is 0 Å². The van der Waals surface area contributed by atoms with Crippen LogP contribution in [0.1, 0.15) is 26.2 Å². The molecule has 1 heterocycles. The Labute approximate surface area is 161 Å². The molecule has 1 saturated heterocycles. The smallest absolute Gasteiger partial charge is 0.211 e. The second-order valence-corrected chi connectivity index (χ2v) is 8.54. The molecule has 0 aromatic heterocycles. The molecule has 7 nitrogen and oxygen atoms in total. The van der Waals surface area contributed by atoms with E-state index < -0.39 is 10.0 Å². The molecule has 0 spiro atoms. The van der Waals surface area contributed by atoms with Gasteiger partial charge in [0.2, 0.25) is 10.0 Å². The van der Waals surface area contributed by atoms with Crippen LogP contribution in [0.5, 0.6) is 5.75 Å². The third kappa shape index (κ3) is 6.66. The summed E-state index contributed by atoms with van der Waals surface area (Å²) in [7, 11) is -1.53. The quantitative estimate of drug-likeness (QED) is 0.511. The van der Waals surface area contributed by atoms with E-state index in [1.54, 1.807) is 19.2 Å². The molecule has 1 fully saturated rings. The van der Waals surface area contributed by atoms with Crippen LogP contribution in [-0.2, 0) is 10.0 Å². The maximum absolute atomic E-state index is 13.3. The lowest BCUT2D eigenvalue weighted by Gasteiger charge is -2.24. The highest BCUT2D eigenvalue weighted by atomic mass is 32.2. The predicted octanol–water partition coefficient (Wildman–Crippen LogP) is 1.57. The molecule has 1 aromatic carbocycles. The Morgan fingerprint density at radius 3 is 2.85 bits per heavy atom. The maximum atomic E-state index is 13.3. The van der Waals surface area contributed by atoms with Crippen molar-refractivity contribution in [3.63, 3.8) is 0 Å². The summed E-state index contributed by atoms with van der Waals surface area (Å²) < 4.78 is 44.3. The highest BCUT2D eigenvalue weighted by Crippen LogP contribution is 2.19. The monoisotopic (exact) mass is 400 g/mol. The Hall–Kier alpha value is -1.87. The van der Waals surface area contributed by atoms with E-state index in [4.69, 9.17) is 4.74 Å². The third-order valence-electron chi connectivity index (χ3n) is 4.53. The molecule has 0 saturated carbocycles. The number of nitrogens with one attached hydrogen (secondary N) is 2. The lowest BCUT2D eigenvalue weighted by atomic mass is 10.2. The van der Waals surface area contributed by atoms with Gasteiger partial charge in [0.05, 0.1) is 12.8 Å². The Bertz CT molecular complexity index is 742. The number of hydrogen-bond donors (Lipinski definition) is 2. The van der Waals surface area contributed by atoms with Gasteiger partial charge in [0.15, 0.2) is 5.96 Å². The molecule has 1 unspecified atom stereocenters. The number of ether oxygens (including phenoxy) is 1. The first-order chi connectivity index (χ1) is 12.8. The Balaban J connectivity index is 1.83. The first-order valence-electron chi connectivity index (χ1n) is 9.17. The number of benzene rings is 1. The van der Waals surface area contributed by atoms with Crippen molar-refractivity contribution in [1.29, 1.82) is 0 Å². The molecule has 1 aliphatic heterocycles. The second-order valence-electron chi connectivity index (χ2n) is 6.61. The SMILES string of the molecule is CCC(CNC(=NC)NC[C@H]1CCCN1S(C)(=O)=O)Oc1cccc(F)c1. The lowest BCUT2D eigenvalue weighted by molar-refractivity contribution is 0.198. The van der Waals surface area contributed by atoms with Gasteiger partial charge in [0.1, 0.15) is 17.7 Å². The molecular formula is C18H29FN4O3S. The van der Waals surface area contributed by atoms with E-state index in [1.807, 2.05) is 6.92 Å². The van der Waals surface area contributed by atoms with Crippen molar-refractivity contribution in [2.75, 3.05) is 32.9 Å². The lowest BCUT2D eigenvalue weighted by Crippen LogP contribution is -2.48. The fourth-order valence-corrected chi connectivity index (χ4v) is 4.28. The highest BCUT2D eigenvalue weighted by molar-refractivity contribution is 7.88. The topological polar surface area (TPSA) is 83.0 Å². The normalized spacial score (nSPS) is 19.7. The molecule has 2 N–H and O–H groups in total. The summed E-state index contributed by atoms with van der Waals surface area (Å²) in [6.07, 6.45) is 3.53. The van der Waals surface area contributed by atoms with Crippen LogP contribution < -0.4 is 15.4 Å². The van der Waals surface area contributed by atoms with Crippen molar-refractivity contribution < 1.29 is 17.5 Å². The van der Waals surface area contributed by atoms with Gasteiger partial charge >= 0.3 is 0 Å². The molecule has 9 heteroatoms. The molecule has 2 atom stereocenters. The fourth-order valence-electron chi connectivity index (χ4n) is 3.10. The Morgan fingerprint density at radius 2 is 2.22 bits per heavy atom. The summed E-state index contributed by atoms with van der Waals surface area (Å²) in [5, 5.41) is 6.37. The molecule has 27 heavy (non-hydrogen) atoms. The minimum Gasteiger partial charge on any atom is -0.489 e. The molecular weight excluding hydrogens is 371 g/mol. The zero-order valence-electron chi connectivity index (χ0n) is 16.1. The van der Waals surface area contributed by atoms with Crippen molar-refractivity contribution in [2.24, 2.45) is 4.99 Å². The van der Waals surface area contributed by atoms with Gasteiger partial charge in [0, 0.05) is 32.2 Å². The van der Waals surface area contributed by atoms with E-state index in [9.17, 15) is 12.8 Å². The van der Waals surface area contributed by atoms with E-state index in [-0.39, 0.29) is 18.0 Å². The van der Waals surface area contributed by atoms with Gasteiger partial charge in [-0.1, -0.05) is 13.0 Å². The van der Waals surface area contributed by atoms with Gasteiger partial charge in [-0.15, -0.1) is 0 Å². The molecule has 152 valence electrons. The van der Waals surface area contributed by atoms with Crippen molar-refractivity contribution in [3.05, 3.63) is 30.1 Å². The Morgan fingerprint density at radius 1 is 1.44 bits per heavy atom. The minimum atomic E-state index is -3.19. The second kappa shape index (κ2) is 9.89. The third-order valence-corrected chi connectivity index (χ3v) is 5.86. The molecule has 1 aliphatic rings. The summed E-state index contributed by atoms with van der Waals surface area (Å²) in [5.74, 6) is 0.734. The van der Waals surface area contributed by atoms with Crippen LogP contribution in [0.25, 0.3) is 0 Å². The summed E-state index contributed by atoms with van der Waals surface area (Å²) in [4.78, 5) is 4.17. The first-order valence-corrected chi connectivity index (χ1v) is 11.0. The standard InChI is InChI=1S/C18H29FN4O3S/c1-4-16(26-17-9-5-7-14(19)11-17)13-22-18(20-2)21-12-15-8-6-10-23(15)27(3,24)25/h5,7,9,11,15-16H,4,6,8,10,12-13H2,1-3H3,(H2,20,21,22)/t15-,16?/m1/s1. The number of sulfonamides is 1. The largest absolute Gasteiger partial charge is 0.489 e. The van der Waals surface area contributed by atoms with Crippen molar-refractivity contribution in [1.82, 2.24) is 14.9 Å². The van der Waals surface area contributed by atoms with E-state index in [0.717, 1.165) is 19.3 Å². The molecule has 2 rings (SSSR count). The Kier molecular flexibility index (Phi) is 7.85. The van der Waals surface area contributed by atoms with Gasteiger partial charge in [-0.2, -0.15) is 4.31 Å². The van der Waals surface area contributed by atoms with Crippen LogP contribution in [0.3, 0.4) is 0 Å². The number of aliphatic imine (C=N–C) groups is 1. The summed E-state index contributed by atoms with van der Waals surface area (Å²) in [6.45, 7) is 3.54. The molecule has 0 aliphatic carbocycles. The fraction of sp³-hybridized carbons (Fsp3) is 0.611. The van der Waals surface area contributed by atoms with Crippen LogP contribution >= 0.6 is 0 Å².